The number of aldehydes is 1. The van der Waals surface area contributed by atoms with Gasteiger partial charge in [0.15, 0.2) is 0 Å². The van der Waals surface area contributed by atoms with Crippen molar-refractivity contribution in [2.24, 2.45) is 0 Å². The highest BCUT2D eigenvalue weighted by Gasteiger charge is 2.02. The van der Waals surface area contributed by atoms with E-state index in [-0.39, 0.29) is 12.2 Å². The van der Waals surface area contributed by atoms with Crippen LogP contribution < -0.4 is 5.30 Å². The summed E-state index contributed by atoms with van der Waals surface area (Å²) >= 11 is 0. The Bertz CT molecular complexity index is 253. The second-order valence-corrected chi connectivity index (χ2v) is 2.80. The molecule has 0 amide bonds. The molecule has 0 heterocycles. The van der Waals surface area contributed by atoms with Gasteiger partial charge >= 0.3 is 0 Å². The third kappa shape index (κ3) is 1.84. The first-order chi connectivity index (χ1) is 5.25. The van der Waals surface area contributed by atoms with E-state index in [0.29, 0.717) is 11.8 Å². The number of rotatable bonds is 2. The van der Waals surface area contributed by atoms with Crippen molar-refractivity contribution >= 4 is 20.8 Å². The zero-order chi connectivity index (χ0) is 8.27. The highest BCUT2D eigenvalue weighted by Crippen LogP contribution is 2.06. The molecule has 1 aromatic carbocycles. The standard InChI is InChI=1S/C8H8FOP/c9-7-2-1-3-8(11)6(7)4-5-10/h1-3,5H,4,11H2. The fourth-order valence-electron chi connectivity index (χ4n) is 0.874. The lowest BCUT2D eigenvalue weighted by Crippen LogP contribution is -2.05. The second-order valence-electron chi connectivity index (χ2n) is 2.18. The van der Waals surface area contributed by atoms with Crippen LogP contribution in [0.3, 0.4) is 0 Å². The fourth-order valence-corrected chi connectivity index (χ4v) is 1.24. The van der Waals surface area contributed by atoms with E-state index < -0.39 is 0 Å². The third-order valence-electron chi connectivity index (χ3n) is 1.44. The van der Waals surface area contributed by atoms with Crippen LogP contribution in [0.2, 0.25) is 0 Å². The number of carbonyl (C=O) groups is 1. The van der Waals surface area contributed by atoms with Gasteiger partial charge < -0.3 is 4.79 Å². The first-order valence-electron chi connectivity index (χ1n) is 3.22. The lowest BCUT2D eigenvalue weighted by atomic mass is 10.1. The molecule has 1 aromatic rings. The number of carbonyl (C=O) groups excluding carboxylic acids is 1. The van der Waals surface area contributed by atoms with Crippen molar-refractivity contribution in [1.29, 1.82) is 0 Å². The van der Waals surface area contributed by atoms with E-state index in [0.717, 1.165) is 5.30 Å². The van der Waals surface area contributed by atoms with Gasteiger partial charge in [-0.15, -0.1) is 9.24 Å². The molecule has 1 unspecified atom stereocenters. The van der Waals surface area contributed by atoms with Gasteiger partial charge in [0, 0.05) is 12.0 Å². The van der Waals surface area contributed by atoms with Gasteiger partial charge in [0.2, 0.25) is 0 Å². The van der Waals surface area contributed by atoms with Crippen molar-refractivity contribution < 1.29 is 9.18 Å². The van der Waals surface area contributed by atoms with Crippen LogP contribution in [0.5, 0.6) is 0 Å². The molecule has 0 spiro atoms. The molecular formula is C8H8FOP. The van der Waals surface area contributed by atoms with Gasteiger partial charge in [-0.3, -0.25) is 0 Å². The average Bonchev–Trinajstić information content (AvgIpc) is 1.97. The normalized spacial score (nSPS) is 9.64. The van der Waals surface area contributed by atoms with Gasteiger partial charge in [-0.25, -0.2) is 4.39 Å². The predicted molar refractivity (Wildman–Crippen MR) is 45.5 cm³/mol. The summed E-state index contributed by atoms with van der Waals surface area (Å²) in [6, 6.07) is 4.73. The Morgan fingerprint density at radius 3 is 2.82 bits per heavy atom. The summed E-state index contributed by atoms with van der Waals surface area (Å²) < 4.78 is 12.9. The zero-order valence-corrected chi connectivity index (χ0v) is 7.03. The SMILES string of the molecule is O=CCc1c(F)cccc1P. The maximum absolute atomic E-state index is 12.9. The number of halogens is 1. The smallest absolute Gasteiger partial charge is 0.127 e. The average molecular weight is 170 g/mol. The summed E-state index contributed by atoms with van der Waals surface area (Å²) in [5.41, 5.74) is 0.465. The van der Waals surface area contributed by atoms with Gasteiger partial charge in [-0.1, -0.05) is 12.1 Å². The molecule has 0 aliphatic heterocycles. The summed E-state index contributed by atoms with van der Waals surface area (Å²) in [4.78, 5) is 10.1. The first kappa shape index (κ1) is 8.35. The second kappa shape index (κ2) is 3.59. The largest absolute Gasteiger partial charge is 0.303 e. The summed E-state index contributed by atoms with van der Waals surface area (Å²) in [5.74, 6) is -0.315. The van der Waals surface area contributed by atoms with E-state index in [1.807, 2.05) is 0 Å². The Kier molecular flexibility index (Phi) is 2.72. The number of benzene rings is 1. The van der Waals surface area contributed by atoms with Crippen LogP contribution in [-0.4, -0.2) is 6.29 Å². The van der Waals surface area contributed by atoms with Crippen LogP contribution in [0, 0.1) is 5.82 Å². The predicted octanol–water partition coefficient (Wildman–Crippen LogP) is 1.07. The van der Waals surface area contributed by atoms with Gasteiger partial charge in [0.05, 0.1) is 0 Å². The number of hydrogen-bond acceptors (Lipinski definition) is 1. The third-order valence-corrected chi connectivity index (χ3v) is 1.98. The molecule has 3 heteroatoms. The molecule has 11 heavy (non-hydrogen) atoms. The van der Waals surface area contributed by atoms with E-state index in [2.05, 4.69) is 9.24 Å². The molecule has 0 fully saturated rings. The van der Waals surface area contributed by atoms with Gasteiger partial charge in [0.1, 0.15) is 12.1 Å². The summed E-state index contributed by atoms with van der Waals surface area (Å²) in [5, 5.41) is 0.747. The van der Waals surface area contributed by atoms with Crippen molar-refractivity contribution in [2.45, 2.75) is 6.42 Å². The Labute approximate surface area is 66.8 Å². The maximum atomic E-state index is 12.9. The van der Waals surface area contributed by atoms with E-state index in [1.54, 1.807) is 12.1 Å². The van der Waals surface area contributed by atoms with Crippen LogP contribution in [0.4, 0.5) is 4.39 Å². The van der Waals surface area contributed by atoms with Crippen LogP contribution in [0.1, 0.15) is 5.56 Å². The molecule has 0 aliphatic carbocycles. The molecular weight excluding hydrogens is 162 g/mol. The Morgan fingerprint density at radius 2 is 2.27 bits per heavy atom. The maximum Gasteiger partial charge on any atom is 0.127 e. The van der Waals surface area contributed by atoms with E-state index in [4.69, 9.17) is 0 Å². The van der Waals surface area contributed by atoms with Gasteiger partial charge in [-0.05, 0) is 11.4 Å². The summed E-state index contributed by atoms with van der Waals surface area (Å²) in [6.07, 6.45) is 0.845. The molecule has 0 bridgehead atoms. The molecule has 0 saturated carbocycles. The van der Waals surface area contributed by atoms with Gasteiger partial charge in [0.25, 0.3) is 0 Å². The summed E-state index contributed by atoms with van der Waals surface area (Å²) in [7, 11) is 2.40. The van der Waals surface area contributed by atoms with Crippen molar-refractivity contribution in [3.63, 3.8) is 0 Å². The van der Waals surface area contributed by atoms with Gasteiger partial charge in [-0.2, -0.15) is 0 Å². The fraction of sp³-hybridized carbons (Fsp3) is 0.125. The van der Waals surface area contributed by atoms with Crippen molar-refractivity contribution in [2.75, 3.05) is 0 Å². The topological polar surface area (TPSA) is 17.1 Å². The minimum absolute atomic E-state index is 0.144. The van der Waals surface area contributed by atoms with Crippen LogP contribution in [-0.2, 0) is 11.2 Å². The van der Waals surface area contributed by atoms with Crippen LogP contribution >= 0.6 is 9.24 Å². The first-order valence-corrected chi connectivity index (χ1v) is 3.80. The molecule has 0 saturated heterocycles. The van der Waals surface area contributed by atoms with E-state index >= 15 is 0 Å². The van der Waals surface area contributed by atoms with Crippen molar-refractivity contribution in [3.8, 4) is 0 Å². The molecule has 0 radical (unpaired) electrons. The Morgan fingerprint density at radius 1 is 1.55 bits per heavy atom. The Hall–Kier alpha value is -0.750. The molecule has 1 nitrogen and oxygen atoms in total. The monoisotopic (exact) mass is 170 g/mol. The zero-order valence-electron chi connectivity index (χ0n) is 5.88. The number of hydrogen-bond donors (Lipinski definition) is 0. The summed E-state index contributed by atoms with van der Waals surface area (Å²) in [6.45, 7) is 0. The molecule has 1 rings (SSSR count). The van der Waals surface area contributed by atoms with E-state index in [9.17, 15) is 9.18 Å². The molecule has 0 N–H and O–H groups in total. The van der Waals surface area contributed by atoms with Crippen LogP contribution in [0.15, 0.2) is 18.2 Å². The minimum atomic E-state index is -0.315. The molecule has 58 valence electrons. The molecule has 0 aliphatic rings. The van der Waals surface area contributed by atoms with Crippen molar-refractivity contribution in [1.82, 2.24) is 0 Å². The highest BCUT2D eigenvalue weighted by molar-refractivity contribution is 7.27. The van der Waals surface area contributed by atoms with Crippen LogP contribution in [0.25, 0.3) is 0 Å². The molecule has 0 aromatic heterocycles. The molecule has 1 atom stereocenters. The highest BCUT2D eigenvalue weighted by atomic mass is 31.0. The lowest BCUT2D eigenvalue weighted by molar-refractivity contribution is -0.107. The Balaban J connectivity index is 3.09. The quantitative estimate of drug-likeness (QED) is 0.479. The van der Waals surface area contributed by atoms with E-state index in [1.165, 1.54) is 6.07 Å². The minimum Gasteiger partial charge on any atom is -0.303 e. The van der Waals surface area contributed by atoms with Crippen molar-refractivity contribution in [3.05, 3.63) is 29.6 Å². The lowest BCUT2D eigenvalue weighted by Gasteiger charge is -2.01.